The summed E-state index contributed by atoms with van der Waals surface area (Å²) in [6, 6.07) is 7.64. The van der Waals surface area contributed by atoms with Crippen LogP contribution in [-0.2, 0) is 13.2 Å². The van der Waals surface area contributed by atoms with Gasteiger partial charge in [0.2, 0.25) is 0 Å². The zero-order chi connectivity index (χ0) is 14.7. The molecule has 0 aliphatic heterocycles. The maximum absolute atomic E-state index is 6.22. The molecule has 2 aromatic rings. The Morgan fingerprint density at radius 3 is 2.75 bits per heavy atom. The van der Waals surface area contributed by atoms with Gasteiger partial charge in [-0.3, -0.25) is 4.68 Å². The molecule has 20 heavy (non-hydrogen) atoms. The fraction of sp³-hybridized carbons (Fsp3) is 0.400. The highest BCUT2D eigenvalue weighted by Crippen LogP contribution is 2.28. The van der Waals surface area contributed by atoms with E-state index < -0.39 is 0 Å². The summed E-state index contributed by atoms with van der Waals surface area (Å²) < 4.78 is 7.71. The van der Waals surface area contributed by atoms with Crippen LogP contribution in [0.2, 0.25) is 5.02 Å². The monoisotopic (exact) mass is 293 g/mol. The summed E-state index contributed by atoms with van der Waals surface area (Å²) in [4.78, 5) is 0. The Morgan fingerprint density at radius 2 is 2.15 bits per heavy atom. The van der Waals surface area contributed by atoms with Crippen molar-refractivity contribution in [2.75, 3.05) is 0 Å². The number of rotatable bonds is 5. The van der Waals surface area contributed by atoms with Gasteiger partial charge < -0.3 is 10.5 Å². The fourth-order valence-corrected chi connectivity index (χ4v) is 2.30. The van der Waals surface area contributed by atoms with Crippen molar-refractivity contribution in [3.05, 3.63) is 46.2 Å². The standard InChI is InChI=1S/C15H20ClN3O/c1-4-19-13(7-10(2)18-19)9-20-15-6-5-12(11(3)17)8-14(15)16/h5-8,11H,4,9,17H2,1-3H3. The van der Waals surface area contributed by atoms with Crippen LogP contribution in [0.25, 0.3) is 0 Å². The molecule has 0 bridgehead atoms. The third kappa shape index (κ3) is 3.32. The van der Waals surface area contributed by atoms with Crippen LogP contribution < -0.4 is 10.5 Å². The molecule has 1 aromatic heterocycles. The van der Waals surface area contributed by atoms with Crippen molar-refractivity contribution < 1.29 is 4.74 Å². The van der Waals surface area contributed by atoms with Crippen LogP contribution in [0.3, 0.4) is 0 Å². The molecule has 0 aliphatic rings. The van der Waals surface area contributed by atoms with Crippen LogP contribution in [0.5, 0.6) is 5.75 Å². The highest BCUT2D eigenvalue weighted by Gasteiger charge is 2.08. The van der Waals surface area contributed by atoms with Crippen molar-refractivity contribution >= 4 is 11.6 Å². The van der Waals surface area contributed by atoms with Gasteiger partial charge in [0.25, 0.3) is 0 Å². The van der Waals surface area contributed by atoms with Crippen molar-refractivity contribution in [3.8, 4) is 5.75 Å². The van der Waals surface area contributed by atoms with E-state index in [1.54, 1.807) is 0 Å². The molecule has 1 heterocycles. The second-order valence-corrected chi connectivity index (χ2v) is 5.27. The van der Waals surface area contributed by atoms with Gasteiger partial charge in [0.05, 0.1) is 16.4 Å². The maximum atomic E-state index is 6.22. The molecule has 0 amide bonds. The molecule has 2 N–H and O–H groups in total. The molecule has 0 fully saturated rings. The molecule has 1 atom stereocenters. The van der Waals surface area contributed by atoms with Crippen molar-refractivity contribution in [1.82, 2.24) is 9.78 Å². The average molecular weight is 294 g/mol. The van der Waals surface area contributed by atoms with Gasteiger partial charge in [-0.05, 0) is 44.5 Å². The first-order valence-corrected chi connectivity index (χ1v) is 7.10. The Balaban J connectivity index is 2.10. The number of benzene rings is 1. The Morgan fingerprint density at radius 1 is 1.40 bits per heavy atom. The lowest BCUT2D eigenvalue weighted by molar-refractivity contribution is 0.292. The zero-order valence-corrected chi connectivity index (χ0v) is 12.8. The molecule has 0 saturated carbocycles. The van der Waals surface area contributed by atoms with Crippen molar-refractivity contribution in [3.63, 3.8) is 0 Å². The lowest BCUT2D eigenvalue weighted by Gasteiger charge is -2.11. The van der Waals surface area contributed by atoms with Crippen molar-refractivity contribution in [2.45, 2.75) is 40.0 Å². The first-order chi connectivity index (χ1) is 9.51. The van der Waals surface area contributed by atoms with Gasteiger partial charge in [-0.15, -0.1) is 0 Å². The quantitative estimate of drug-likeness (QED) is 0.918. The number of halogens is 1. The summed E-state index contributed by atoms with van der Waals surface area (Å²) in [6.45, 7) is 7.23. The normalized spacial score (nSPS) is 12.4. The SMILES string of the molecule is CCn1nc(C)cc1COc1ccc(C(C)N)cc1Cl. The van der Waals surface area contributed by atoms with Gasteiger partial charge in [-0.2, -0.15) is 5.10 Å². The van der Waals surface area contributed by atoms with Crippen LogP contribution in [0.4, 0.5) is 0 Å². The number of aromatic nitrogens is 2. The summed E-state index contributed by atoms with van der Waals surface area (Å²) in [6.07, 6.45) is 0. The predicted molar refractivity (Wildman–Crippen MR) is 81.0 cm³/mol. The number of nitrogens with zero attached hydrogens (tertiary/aromatic N) is 2. The number of hydrogen-bond donors (Lipinski definition) is 1. The van der Waals surface area contributed by atoms with Gasteiger partial charge in [0.15, 0.2) is 0 Å². The van der Waals surface area contributed by atoms with Gasteiger partial charge in [0, 0.05) is 12.6 Å². The van der Waals surface area contributed by atoms with Crippen LogP contribution in [0, 0.1) is 6.92 Å². The Labute approximate surface area is 124 Å². The van der Waals surface area contributed by atoms with E-state index >= 15 is 0 Å². The Kier molecular flexibility index (Phi) is 4.68. The molecule has 2 rings (SSSR count). The van der Waals surface area contributed by atoms with E-state index in [1.165, 1.54) is 0 Å². The molecule has 108 valence electrons. The van der Waals surface area contributed by atoms with Crippen LogP contribution in [-0.4, -0.2) is 9.78 Å². The summed E-state index contributed by atoms with van der Waals surface area (Å²) in [5.74, 6) is 0.664. The number of hydrogen-bond acceptors (Lipinski definition) is 3. The number of ether oxygens (including phenoxy) is 1. The summed E-state index contributed by atoms with van der Waals surface area (Å²) >= 11 is 6.22. The molecule has 4 nitrogen and oxygen atoms in total. The molecule has 0 radical (unpaired) electrons. The summed E-state index contributed by atoms with van der Waals surface area (Å²) in [7, 11) is 0. The minimum atomic E-state index is -0.0364. The van der Waals surface area contributed by atoms with Crippen LogP contribution in [0.15, 0.2) is 24.3 Å². The summed E-state index contributed by atoms with van der Waals surface area (Å²) in [5, 5.41) is 4.97. The molecule has 1 unspecified atom stereocenters. The average Bonchev–Trinajstić information content (AvgIpc) is 2.77. The maximum Gasteiger partial charge on any atom is 0.138 e. The molecule has 1 aromatic carbocycles. The molecule has 0 spiro atoms. The van der Waals surface area contributed by atoms with Crippen molar-refractivity contribution in [1.29, 1.82) is 0 Å². The topological polar surface area (TPSA) is 53.1 Å². The second kappa shape index (κ2) is 6.29. The van der Waals surface area contributed by atoms with Crippen molar-refractivity contribution in [2.24, 2.45) is 5.73 Å². The minimum absolute atomic E-state index is 0.0364. The van der Waals surface area contributed by atoms with E-state index in [0.717, 1.165) is 23.5 Å². The van der Waals surface area contributed by atoms with Gasteiger partial charge in [0.1, 0.15) is 12.4 Å². The minimum Gasteiger partial charge on any atom is -0.486 e. The van der Waals surface area contributed by atoms with E-state index in [4.69, 9.17) is 22.1 Å². The van der Waals surface area contributed by atoms with E-state index in [-0.39, 0.29) is 6.04 Å². The molecule has 5 heteroatoms. The third-order valence-electron chi connectivity index (χ3n) is 3.14. The largest absolute Gasteiger partial charge is 0.486 e. The first kappa shape index (κ1) is 14.9. The highest BCUT2D eigenvalue weighted by atomic mass is 35.5. The number of aryl methyl sites for hydroxylation is 2. The second-order valence-electron chi connectivity index (χ2n) is 4.86. The molecule has 0 aliphatic carbocycles. The highest BCUT2D eigenvalue weighted by molar-refractivity contribution is 6.32. The van der Waals surface area contributed by atoms with Gasteiger partial charge in [-0.25, -0.2) is 0 Å². The van der Waals surface area contributed by atoms with Crippen LogP contribution in [0.1, 0.15) is 36.8 Å². The summed E-state index contributed by atoms with van der Waals surface area (Å²) in [5.41, 5.74) is 8.85. The van der Waals surface area contributed by atoms with E-state index in [2.05, 4.69) is 12.0 Å². The lowest BCUT2D eigenvalue weighted by Crippen LogP contribution is -2.07. The fourth-order valence-electron chi connectivity index (χ4n) is 2.06. The van der Waals surface area contributed by atoms with Gasteiger partial charge >= 0.3 is 0 Å². The zero-order valence-electron chi connectivity index (χ0n) is 12.1. The van der Waals surface area contributed by atoms with E-state index in [9.17, 15) is 0 Å². The smallest absolute Gasteiger partial charge is 0.138 e. The third-order valence-corrected chi connectivity index (χ3v) is 3.44. The Bertz CT molecular complexity index is 593. The predicted octanol–water partition coefficient (Wildman–Crippen LogP) is 3.46. The molecule has 0 saturated heterocycles. The first-order valence-electron chi connectivity index (χ1n) is 6.72. The van der Waals surface area contributed by atoms with Gasteiger partial charge in [-0.1, -0.05) is 17.7 Å². The molecular formula is C15H20ClN3O. The van der Waals surface area contributed by atoms with E-state index in [0.29, 0.717) is 17.4 Å². The Hall–Kier alpha value is -1.52. The number of nitrogens with two attached hydrogens (primary N) is 1. The van der Waals surface area contributed by atoms with E-state index in [1.807, 2.05) is 42.8 Å². The van der Waals surface area contributed by atoms with Crippen LogP contribution >= 0.6 is 11.6 Å². The lowest BCUT2D eigenvalue weighted by atomic mass is 10.1. The molecular weight excluding hydrogens is 274 g/mol.